The Morgan fingerprint density at radius 2 is 2.10 bits per heavy atom. The third kappa shape index (κ3) is 4.39. The molecule has 1 aliphatic rings. The van der Waals surface area contributed by atoms with Gasteiger partial charge in [-0.3, -0.25) is 14.6 Å². The Kier molecular flexibility index (Phi) is 5.91. The number of aromatic nitrogens is 2. The molecule has 0 radical (unpaired) electrons. The molecule has 0 spiro atoms. The third-order valence-corrected chi connectivity index (χ3v) is 6.15. The van der Waals surface area contributed by atoms with Crippen LogP contribution in [0.4, 0.5) is 5.82 Å². The van der Waals surface area contributed by atoms with E-state index in [0.717, 1.165) is 33.1 Å². The molecule has 2 N–H and O–H groups in total. The number of likely N-dealkylation sites (tertiary alicyclic amines) is 1. The summed E-state index contributed by atoms with van der Waals surface area (Å²) in [5.74, 6) is 0.239. The molecule has 0 aliphatic carbocycles. The predicted molar refractivity (Wildman–Crippen MR) is 123 cm³/mol. The molecule has 31 heavy (non-hydrogen) atoms. The average molecular weight is 482 g/mol. The van der Waals surface area contributed by atoms with Crippen LogP contribution in [0.5, 0.6) is 0 Å². The van der Waals surface area contributed by atoms with Crippen LogP contribution >= 0.6 is 15.9 Å². The predicted octanol–water partition coefficient (Wildman–Crippen LogP) is 3.55. The fourth-order valence-corrected chi connectivity index (χ4v) is 4.13. The van der Waals surface area contributed by atoms with Gasteiger partial charge in [0.2, 0.25) is 5.91 Å². The normalized spacial score (nSPS) is 16.5. The van der Waals surface area contributed by atoms with Gasteiger partial charge in [0.1, 0.15) is 11.9 Å². The van der Waals surface area contributed by atoms with Crippen molar-refractivity contribution in [3.8, 4) is 0 Å². The van der Waals surface area contributed by atoms with Gasteiger partial charge in [-0.2, -0.15) is 0 Å². The zero-order valence-electron chi connectivity index (χ0n) is 17.5. The molecule has 4 rings (SSSR count). The number of halogens is 1. The minimum absolute atomic E-state index is 0.0391. The van der Waals surface area contributed by atoms with Crippen LogP contribution in [0.25, 0.3) is 10.9 Å². The largest absolute Gasteiger partial charge is 0.383 e. The number of carbonyl (C=O) groups excluding carboxylic acids is 2. The Morgan fingerprint density at radius 3 is 2.84 bits per heavy atom. The molecule has 0 bridgehead atoms. The molecule has 160 valence electrons. The topological polar surface area (TPSA) is 92.4 Å². The molecule has 1 fully saturated rings. The van der Waals surface area contributed by atoms with E-state index in [1.54, 1.807) is 35.2 Å². The molecule has 1 aliphatic heterocycles. The van der Waals surface area contributed by atoms with E-state index in [4.69, 9.17) is 5.73 Å². The number of nitrogens with zero attached hydrogens (tertiary/aromatic N) is 4. The summed E-state index contributed by atoms with van der Waals surface area (Å²) in [4.78, 5) is 38.7. The number of benzene rings is 1. The lowest BCUT2D eigenvalue weighted by atomic mass is 10.0. The summed E-state index contributed by atoms with van der Waals surface area (Å²) >= 11 is 3.39. The zero-order chi connectivity index (χ0) is 22.1. The van der Waals surface area contributed by atoms with Gasteiger partial charge in [0.05, 0.1) is 17.8 Å². The summed E-state index contributed by atoms with van der Waals surface area (Å²) in [7, 11) is 1.78. The van der Waals surface area contributed by atoms with Crippen molar-refractivity contribution < 1.29 is 9.59 Å². The number of amides is 2. The Labute approximate surface area is 189 Å². The van der Waals surface area contributed by atoms with Gasteiger partial charge < -0.3 is 15.5 Å². The summed E-state index contributed by atoms with van der Waals surface area (Å²) in [5.41, 5.74) is 8.74. The van der Waals surface area contributed by atoms with Crippen molar-refractivity contribution in [1.29, 1.82) is 0 Å². The monoisotopic (exact) mass is 481 g/mol. The SMILES string of the molecule is Cc1cc2cc(C(=O)N(Cc3ccc(Br)cn3)[C@@H]3CCCN(C)C3=O)ccc2nc1N. The maximum atomic E-state index is 13.6. The number of anilines is 1. The lowest BCUT2D eigenvalue weighted by molar-refractivity contribution is -0.137. The number of rotatable bonds is 4. The quantitative estimate of drug-likeness (QED) is 0.614. The molecule has 7 nitrogen and oxygen atoms in total. The van der Waals surface area contributed by atoms with Gasteiger partial charge in [-0.1, -0.05) is 0 Å². The van der Waals surface area contributed by atoms with Crippen LogP contribution in [0.2, 0.25) is 0 Å². The summed E-state index contributed by atoms with van der Waals surface area (Å²) in [6.45, 7) is 2.85. The zero-order valence-corrected chi connectivity index (χ0v) is 19.1. The molecule has 3 heterocycles. The van der Waals surface area contributed by atoms with Gasteiger partial charge in [-0.25, -0.2) is 4.98 Å². The first-order chi connectivity index (χ1) is 14.8. The van der Waals surface area contributed by atoms with E-state index in [1.165, 1.54) is 0 Å². The van der Waals surface area contributed by atoms with E-state index < -0.39 is 6.04 Å². The lowest BCUT2D eigenvalue weighted by Crippen LogP contribution is -2.52. The molecule has 1 saturated heterocycles. The van der Waals surface area contributed by atoms with Crippen molar-refractivity contribution in [3.05, 3.63) is 63.9 Å². The number of pyridine rings is 2. The Balaban J connectivity index is 1.72. The van der Waals surface area contributed by atoms with Crippen molar-refractivity contribution in [3.63, 3.8) is 0 Å². The molecule has 0 saturated carbocycles. The number of hydrogen-bond acceptors (Lipinski definition) is 5. The van der Waals surface area contributed by atoms with Gasteiger partial charge in [-0.15, -0.1) is 0 Å². The van der Waals surface area contributed by atoms with Crippen LogP contribution in [0, 0.1) is 6.92 Å². The van der Waals surface area contributed by atoms with Gasteiger partial charge in [-0.05, 0) is 77.7 Å². The van der Waals surface area contributed by atoms with Crippen LogP contribution in [0.1, 0.15) is 34.5 Å². The number of aryl methyl sites for hydroxylation is 1. The minimum Gasteiger partial charge on any atom is -0.383 e. The molecule has 3 aromatic rings. The smallest absolute Gasteiger partial charge is 0.254 e. The van der Waals surface area contributed by atoms with Crippen LogP contribution in [-0.4, -0.2) is 51.2 Å². The number of fused-ring (bicyclic) bond motifs is 1. The molecule has 0 unspecified atom stereocenters. The molecule has 8 heteroatoms. The minimum atomic E-state index is -0.515. The summed E-state index contributed by atoms with van der Waals surface area (Å²) in [5, 5.41) is 0.839. The third-order valence-electron chi connectivity index (χ3n) is 5.68. The summed E-state index contributed by atoms with van der Waals surface area (Å²) in [6, 6.07) is 10.5. The van der Waals surface area contributed by atoms with E-state index in [9.17, 15) is 9.59 Å². The van der Waals surface area contributed by atoms with Crippen LogP contribution in [0.3, 0.4) is 0 Å². The Bertz CT molecular complexity index is 1150. The molecular weight excluding hydrogens is 458 g/mol. The van der Waals surface area contributed by atoms with Crippen LogP contribution in [-0.2, 0) is 11.3 Å². The van der Waals surface area contributed by atoms with Crippen LogP contribution in [0.15, 0.2) is 47.1 Å². The fraction of sp³-hybridized carbons (Fsp3) is 0.304. The first-order valence-electron chi connectivity index (χ1n) is 10.2. The van der Waals surface area contributed by atoms with E-state index in [1.807, 2.05) is 31.2 Å². The second-order valence-corrected chi connectivity index (χ2v) is 8.83. The Hall–Kier alpha value is -3.00. The number of nitrogen functional groups attached to an aromatic ring is 1. The Morgan fingerprint density at radius 1 is 1.29 bits per heavy atom. The molecule has 1 atom stereocenters. The van der Waals surface area contributed by atoms with E-state index in [-0.39, 0.29) is 18.4 Å². The second-order valence-electron chi connectivity index (χ2n) is 7.92. The number of carbonyl (C=O) groups is 2. The highest BCUT2D eigenvalue weighted by molar-refractivity contribution is 9.10. The van der Waals surface area contributed by atoms with Crippen molar-refractivity contribution in [2.45, 2.75) is 32.4 Å². The van der Waals surface area contributed by atoms with Gasteiger partial charge in [0.15, 0.2) is 0 Å². The maximum absolute atomic E-state index is 13.6. The van der Waals surface area contributed by atoms with E-state index >= 15 is 0 Å². The van der Waals surface area contributed by atoms with Gasteiger partial charge in [0.25, 0.3) is 5.91 Å². The highest BCUT2D eigenvalue weighted by Gasteiger charge is 2.35. The number of nitrogens with two attached hydrogens (primary N) is 1. The summed E-state index contributed by atoms with van der Waals surface area (Å²) in [6.07, 6.45) is 3.18. The standard InChI is InChI=1S/C23H24BrN5O2/c1-14-10-16-11-15(5-8-19(16)27-21(14)25)22(30)29(13-18-7-6-17(24)12-26-18)20-4-3-9-28(2)23(20)31/h5-8,10-12,20H,3-4,9,13H2,1-2H3,(H2,25,27)/t20-/m1/s1. The first-order valence-corrected chi connectivity index (χ1v) is 11.0. The number of likely N-dealkylation sites (N-methyl/N-ethyl adjacent to an activating group) is 1. The van der Waals surface area contributed by atoms with E-state index in [2.05, 4.69) is 25.9 Å². The number of hydrogen-bond donors (Lipinski definition) is 1. The van der Waals surface area contributed by atoms with Crippen molar-refractivity contribution in [1.82, 2.24) is 19.8 Å². The van der Waals surface area contributed by atoms with E-state index in [0.29, 0.717) is 24.3 Å². The van der Waals surface area contributed by atoms with Crippen LogP contribution < -0.4 is 5.73 Å². The first kappa shape index (κ1) is 21.2. The van der Waals surface area contributed by atoms with Gasteiger partial charge in [0, 0.05) is 35.2 Å². The van der Waals surface area contributed by atoms with Crippen molar-refractivity contribution >= 4 is 44.5 Å². The molecular formula is C23H24BrN5O2. The number of piperidine rings is 1. The lowest BCUT2D eigenvalue weighted by Gasteiger charge is -2.37. The summed E-state index contributed by atoms with van der Waals surface area (Å²) < 4.78 is 0.860. The molecule has 1 aromatic carbocycles. The van der Waals surface area contributed by atoms with Crippen molar-refractivity contribution in [2.24, 2.45) is 0 Å². The van der Waals surface area contributed by atoms with Crippen molar-refractivity contribution in [2.75, 3.05) is 19.3 Å². The second kappa shape index (κ2) is 8.63. The average Bonchev–Trinajstić information content (AvgIpc) is 2.75. The molecule has 2 aromatic heterocycles. The highest BCUT2D eigenvalue weighted by atomic mass is 79.9. The maximum Gasteiger partial charge on any atom is 0.254 e. The van der Waals surface area contributed by atoms with Gasteiger partial charge >= 0.3 is 0 Å². The highest BCUT2D eigenvalue weighted by Crippen LogP contribution is 2.24. The molecule has 2 amide bonds. The fourth-order valence-electron chi connectivity index (χ4n) is 3.89.